The lowest BCUT2D eigenvalue weighted by atomic mass is 9.96. The van der Waals surface area contributed by atoms with Gasteiger partial charge in [0.15, 0.2) is 11.6 Å². The van der Waals surface area contributed by atoms with Crippen LogP contribution in [-0.2, 0) is 4.74 Å². The number of aromatic nitrogens is 3. The molecule has 10 nitrogen and oxygen atoms in total. The van der Waals surface area contributed by atoms with Crippen LogP contribution in [0.25, 0.3) is 32.9 Å². The van der Waals surface area contributed by atoms with Gasteiger partial charge in [0.25, 0.3) is 0 Å². The van der Waals surface area contributed by atoms with E-state index in [4.69, 9.17) is 20.9 Å². The Hall–Kier alpha value is -4.83. The Morgan fingerprint density at radius 1 is 1.14 bits per heavy atom. The van der Waals surface area contributed by atoms with Crippen LogP contribution in [0.15, 0.2) is 30.5 Å². The number of alkyl halides is 1. The maximum atomic E-state index is 17.0. The zero-order valence-corrected chi connectivity index (χ0v) is 28.4. The van der Waals surface area contributed by atoms with Gasteiger partial charge in [0.05, 0.1) is 17.6 Å². The number of hydrazine groups is 1. The second kappa shape index (κ2) is 14.6. The van der Waals surface area contributed by atoms with Crippen molar-refractivity contribution in [1.82, 2.24) is 25.3 Å². The van der Waals surface area contributed by atoms with E-state index in [1.165, 1.54) is 35.5 Å². The maximum Gasteiger partial charge on any atom is 0.429 e. The number of hydrogen-bond acceptors (Lipinski definition) is 9. The SMILES string of the molecule is C#Cc1c(F)ccc2cc(O)cc(-c3ncc4c(N5CCCCCN5C(=O)OC(C)(C)C)nc(OC[C@@H]5CCCNC[C@H](F)C5)nc4c3F)c12. The fourth-order valence-corrected chi connectivity index (χ4v) is 6.57. The van der Waals surface area contributed by atoms with E-state index in [0.717, 1.165) is 12.8 Å². The van der Waals surface area contributed by atoms with Crippen LogP contribution in [-0.4, -0.2) is 75.7 Å². The third-order valence-electron chi connectivity index (χ3n) is 8.84. The van der Waals surface area contributed by atoms with Crippen LogP contribution in [0, 0.1) is 29.9 Å². The van der Waals surface area contributed by atoms with Crippen molar-refractivity contribution in [3.8, 4) is 35.4 Å². The van der Waals surface area contributed by atoms with Gasteiger partial charge in [-0.25, -0.2) is 23.0 Å². The van der Waals surface area contributed by atoms with Crippen molar-refractivity contribution in [2.75, 3.05) is 37.8 Å². The van der Waals surface area contributed by atoms with Crippen LogP contribution in [0.3, 0.4) is 0 Å². The molecule has 2 saturated heterocycles. The first-order valence-corrected chi connectivity index (χ1v) is 17.0. The van der Waals surface area contributed by atoms with Crippen LogP contribution in [0.2, 0.25) is 0 Å². The molecule has 0 saturated carbocycles. The monoisotopic (exact) mass is 690 g/mol. The molecule has 2 aromatic carbocycles. The number of phenols is 1. The van der Waals surface area contributed by atoms with E-state index >= 15 is 4.39 Å². The van der Waals surface area contributed by atoms with Gasteiger partial charge in [-0.3, -0.25) is 9.99 Å². The molecular weight excluding hydrogens is 649 g/mol. The molecule has 2 fully saturated rings. The van der Waals surface area contributed by atoms with Crippen LogP contribution < -0.4 is 15.1 Å². The molecule has 2 aliphatic heterocycles. The van der Waals surface area contributed by atoms with Gasteiger partial charge in [0, 0.05) is 36.8 Å². The van der Waals surface area contributed by atoms with Crippen LogP contribution in [0.4, 0.5) is 23.8 Å². The summed E-state index contributed by atoms with van der Waals surface area (Å²) in [5.41, 5.74) is -1.23. The van der Waals surface area contributed by atoms with Crippen molar-refractivity contribution in [2.45, 2.75) is 71.1 Å². The second-order valence-electron chi connectivity index (χ2n) is 13.8. The molecule has 264 valence electrons. The largest absolute Gasteiger partial charge is 0.508 e. The number of terminal acetylenes is 1. The number of anilines is 1. The van der Waals surface area contributed by atoms with E-state index in [9.17, 15) is 18.7 Å². The molecule has 2 atom stereocenters. The number of rotatable bonds is 5. The minimum absolute atomic E-state index is 0.0664. The van der Waals surface area contributed by atoms with E-state index in [2.05, 4.69) is 21.2 Å². The number of hydrogen-bond donors (Lipinski definition) is 2. The smallest absolute Gasteiger partial charge is 0.429 e. The molecule has 4 aromatic rings. The van der Waals surface area contributed by atoms with Gasteiger partial charge in [-0.1, -0.05) is 12.0 Å². The van der Waals surface area contributed by atoms with Gasteiger partial charge in [0.2, 0.25) is 0 Å². The number of aromatic hydroxyl groups is 1. The van der Waals surface area contributed by atoms with Crippen molar-refractivity contribution in [3.63, 3.8) is 0 Å². The summed E-state index contributed by atoms with van der Waals surface area (Å²) in [6.45, 7) is 7.06. The highest BCUT2D eigenvalue weighted by Gasteiger charge is 2.32. The number of benzene rings is 2. The highest BCUT2D eigenvalue weighted by molar-refractivity contribution is 6.03. The highest BCUT2D eigenvalue weighted by Crippen LogP contribution is 2.39. The molecular formula is C37H41F3N6O4. The van der Waals surface area contributed by atoms with E-state index in [1.54, 1.807) is 25.8 Å². The van der Waals surface area contributed by atoms with Gasteiger partial charge >= 0.3 is 12.1 Å². The molecule has 2 N–H and O–H groups in total. The first-order chi connectivity index (χ1) is 23.9. The minimum Gasteiger partial charge on any atom is -0.508 e. The van der Waals surface area contributed by atoms with Crippen molar-refractivity contribution < 1.29 is 32.5 Å². The number of ether oxygens (including phenoxy) is 2. The molecule has 0 bridgehead atoms. The Morgan fingerprint density at radius 2 is 1.94 bits per heavy atom. The zero-order chi connectivity index (χ0) is 35.6. The fourth-order valence-electron chi connectivity index (χ4n) is 6.57. The van der Waals surface area contributed by atoms with Gasteiger partial charge in [-0.2, -0.15) is 9.97 Å². The molecule has 2 aliphatic rings. The molecule has 0 radical (unpaired) electrons. The average Bonchev–Trinajstić information content (AvgIpc) is 3.31. The number of carbonyl (C=O) groups is 1. The number of halogens is 3. The van der Waals surface area contributed by atoms with Crippen molar-refractivity contribution in [1.29, 1.82) is 0 Å². The van der Waals surface area contributed by atoms with E-state index in [1.807, 2.05) is 0 Å². The lowest BCUT2D eigenvalue weighted by molar-refractivity contribution is 0.0232. The number of fused-ring (bicyclic) bond motifs is 2. The lowest BCUT2D eigenvalue weighted by Crippen LogP contribution is -2.49. The van der Waals surface area contributed by atoms with Crippen molar-refractivity contribution in [3.05, 3.63) is 47.7 Å². The highest BCUT2D eigenvalue weighted by atomic mass is 19.1. The molecule has 0 aliphatic carbocycles. The summed E-state index contributed by atoms with van der Waals surface area (Å²) in [5.74, 6) is 0.619. The van der Waals surface area contributed by atoms with Crippen LogP contribution >= 0.6 is 0 Å². The molecule has 6 rings (SSSR count). The number of nitrogens with zero attached hydrogens (tertiary/aromatic N) is 5. The summed E-state index contributed by atoms with van der Waals surface area (Å²) in [6.07, 6.45) is 9.51. The summed E-state index contributed by atoms with van der Waals surface area (Å²) in [7, 11) is 0. The van der Waals surface area contributed by atoms with E-state index in [-0.39, 0.29) is 76.2 Å². The van der Waals surface area contributed by atoms with Crippen LogP contribution in [0.1, 0.15) is 64.9 Å². The summed E-state index contributed by atoms with van der Waals surface area (Å²) in [5, 5.41) is 17.5. The quantitative estimate of drug-likeness (QED) is 0.213. The summed E-state index contributed by atoms with van der Waals surface area (Å²) >= 11 is 0. The van der Waals surface area contributed by atoms with Gasteiger partial charge < -0.3 is 19.9 Å². The predicted octanol–water partition coefficient (Wildman–Crippen LogP) is 7.06. The number of amides is 1. The first kappa shape index (κ1) is 35.0. The number of phenolic OH excluding ortho intramolecular Hbond substituents is 1. The van der Waals surface area contributed by atoms with Crippen LogP contribution in [0.5, 0.6) is 11.8 Å². The third kappa shape index (κ3) is 7.50. The molecule has 0 unspecified atom stereocenters. The maximum absolute atomic E-state index is 17.0. The molecule has 0 spiro atoms. The standard InChI is InChI=1S/C37H41F3N6O4/c1-5-26-29(39)12-11-23-17-25(47)18-27(30(23)26)32-31(40)33-28(20-42-32)34(45-14-7-6-8-15-46(45)36(48)50-37(2,3)4)44-35(43-33)49-21-22-10-9-13-41-19-24(38)16-22/h1,11-12,17-18,20,22,24,41,47H,6-10,13-16,19,21H2,2-4H3/t22-,24-/m1/s1. The lowest BCUT2D eigenvalue weighted by Gasteiger charge is -2.35. The average molecular weight is 691 g/mol. The Bertz CT molecular complexity index is 1950. The first-order valence-electron chi connectivity index (χ1n) is 17.0. The van der Waals surface area contributed by atoms with Crippen molar-refractivity contribution in [2.24, 2.45) is 5.92 Å². The summed E-state index contributed by atoms with van der Waals surface area (Å²) in [4.78, 5) is 27.2. The topological polar surface area (TPSA) is 113 Å². The minimum atomic E-state index is -1.04. The van der Waals surface area contributed by atoms with Gasteiger partial charge in [0.1, 0.15) is 34.6 Å². The Kier molecular flexibility index (Phi) is 10.2. The summed E-state index contributed by atoms with van der Waals surface area (Å²) in [6, 6.07) is 5.14. The zero-order valence-electron chi connectivity index (χ0n) is 28.4. The Balaban J connectivity index is 1.51. The van der Waals surface area contributed by atoms with Crippen molar-refractivity contribution >= 4 is 33.6 Å². The predicted molar refractivity (Wildman–Crippen MR) is 185 cm³/mol. The number of nitrogens with one attached hydrogen (secondary N) is 1. The second-order valence-corrected chi connectivity index (χ2v) is 13.8. The Morgan fingerprint density at radius 3 is 2.72 bits per heavy atom. The Labute approximate surface area is 289 Å². The molecule has 50 heavy (non-hydrogen) atoms. The normalized spacial score (nSPS) is 19.1. The fraction of sp³-hybridized carbons (Fsp3) is 0.459. The number of pyridine rings is 1. The molecule has 13 heteroatoms. The van der Waals surface area contributed by atoms with E-state index in [0.29, 0.717) is 44.3 Å². The van der Waals surface area contributed by atoms with E-state index < -0.39 is 29.5 Å². The molecule has 1 amide bonds. The van der Waals surface area contributed by atoms with Gasteiger partial charge in [-0.05, 0) is 95.3 Å². The van der Waals surface area contributed by atoms with Gasteiger partial charge in [-0.15, -0.1) is 6.42 Å². The number of carbonyl (C=O) groups excluding carboxylic acids is 1. The molecule has 2 aromatic heterocycles. The molecule has 4 heterocycles. The third-order valence-corrected chi connectivity index (χ3v) is 8.84. The summed E-state index contributed by atoms with van der Waals surface area (Å²) < 4.78 is 58.3.